The van der Waals surface area contributed by atoms with Crippen LogP contribution in [0.5, 0.6) is 0 Å². The van der Waals surface area contributed by atoms with Crippen molar-refractivity contribution in [2.75, 3.05) is 18.0 Å². The van der Waals surface area contributed by atoms with Crippen LogP contribution < -0.4 is 4.90 Å². The summed E-state index contributed by atoms with van der Waals surface area (Å²) in [6, 6.07) is 13.0. The van der Waals surface area contributed by atoms with E-state index < -0.39 is 10.8 Å². The normalized spacial score (nSPS) is 17.0. The number of nitro groups is 1. The van der Waals surface area contributed by atoms with Crippen LogP contribution in [0.15, 0.2) is 54.2 Å². The zero-order valence-corrected chi connectivity index (χ0v) is 15.4. The number of carbonyl (C=O) groups is 2. The zero-order chi connectivity index (χ0) is 19.8. The lowest BCUT2D eigenvalue weighted by Gasteiger charge is -2.20. The number of non-ortho nitro benzene ring substituents is 1. The third-order valence-electron chi connectivity index (χ3n) is 5.14. The molecule has 1 fully saturated rings. The largest absolute Gasteiger partial charge is 0.366 e. The van der Waals surface area contributed by atoms with Gasteiger partial charge in [0, 0.05) is 25.2 Å². The Kier molecular flexibility index (Phi) is 4.43. The molecule has 142 valence electrons. The monoisotopic (exact) mass is 377 g/mol. The molecule has 0 spiro atoms. The predicted molar refractivity (Wildman–Crippen MR) is 104 cm³/mol. The molecule has 2 aliphatic heterocycles. The molecule has 0 unspecified atom stereocenters. The molecule has 2 amide bonds. The number of benzene rings is 2. The number of likely N-dealkylation sites (tertiary alicyclic amines) is 1. The Hall–Kier alpha value is -3.48. The minimum absolute atomic E-state index is 0.0563. The number of nitro benzene ring substituents is 1. The van der Waals surface area contributed by atoms with Crippen molar-refractivity contribution in [1.29, 1.82) is 0 Å². The van der Waals surface area contributed by atoms with E-state index >= 15 is 0 Å². The smallest absolute Gasteiger partial charge is 0.282 e. The van der Waals surface area contributed by atoms with Gasteiger partial charge in [-0.15, -0.1) is 0 Å². The summed E-state index contributed by atoms with van der Waals surface area (Å²) in [5, 5.41) is 10.9. The molecule has 7 heteroatoms. The molecule has 0 aliphatic carbocycles. The van der Waals surface area contributed by atoms with Crippen LogP contribution in [-0.4, -0.2) is 34.7 Å². The van der Waals surface area contributed by atoms with Crippen molar-refractivity contribution >= 4 is 28.8 Å². The number of aryl methyl sites for hydroxylation is 1. The van der Waals surface area contributed by atoms with E-state index in [9.17, 15) is 19.7 Å². The number of hydrogen-bond acceptors (Lipinski definition) is 5. The fourth-order valence-corrected chi connectivity index (χ4v) is 3.69. The van der Waals surface area contributed by atoms with Crippen molar-refractivity contribution in [3.63, 3.8) is 0 Å². The zero-order valence-electron chi connectivity index (χ0n) is 15.4. The minimum atomic E-state index is -0.486. The molecule has 2 aliphatic rings. The van der Waals surface area contributed by atoms with Crippen LogP contribution in [0, 0.1) is 17.0 Å². The number of carbonyl (C=O) groups excluding carboxylic acids is 2. The van der Waals surface area contributed by atoms with E-state index in [-0.39, 0.29) is 11.6 Å². The van der Waals surface area contributed by atoms with Crippen LogP contribution in [0.4, 0.5) is 11.4 Å². The molecule has 2 aromatic rings. The molecule has 0 radical (unpaired) electrons. The summed E-state index contributed by atoms with van der Waals surface area (Å²) in [4.78, 5) is 40.1. The van der Waals surface area contributed by atoms with Gasteiger partial charge in [0.2, 0.25) is 0 Å². The summed E-state index contributed by atoms with van der Waals surface area (Å²) < 4.78 is 0. The third kappa shape index (κ3) is 2.94. The standard InChI is InChI=1S/C21H19N3O4/c1-14-4-8-16(9-5-14)23-20(25)18(15-6-10-17(11-7-15)24(27)28)19(21(23)26)22-12-2-3-13-22/h4-11H,2-3,12-13H2,1H3. The van der Waals surface area contributed by atoms with Crippen LogP contribution >= 0.6 is 0 Å². The van der Waals surface area contributed by atoms with E-state index in [1.165, 1.54) is 29.2 Å². The van der Waals surface area contributed by atoms with E-state index in [2.05, 4.69) is 0 Å². The van der Waals surface area contributed by atoms with Gasteiger partial charge in [-0.2, -0.15) is 0 Å². The first-order valence-corrected chi connectivity index (χ1v) is 9.17. The highest BCUT2D eigenvalue weighted by Gasteiger charge is 2.43. The Labute approximate surface area is 162 Å². The van der Waals surface area contributed by atoms with E-state index in [0.29, 0.717) is 35.6 Å². The maximum atomic E-state index is 13.3. The number of anilines is 1. The number of amides is 2. The molecule has 0 bridgehead atoms. The van der Waals surface area contributed by atoms with Crippen molar-refractivity contribution < 1.29 is 14.5 Å². The van der Waals surface area contributed by atoms with Crippen LogP contribution in [0.25, 0.3) is 5.57 Å². The predicted octanol–water partition coefficient (Wildman–Crippen LogP) is 3.28. The molecule has 4 rings (SSSR count). The third-order valence-corrected chi connectivity index (χ3v) is 5.14. The lowest BCUT2D eigenvalue weighted by molar-refractivity contribution is -0.384. The Morgan fingerprint density at radius 3 is 2.07 bits per heavy atom. The first-order chi connectivity index (χ1) is 13.5. The molecule has 0 atom stereocenters. The average molecular weight is 377 g/mol. The summed E-state index contributed by atoms with van der Waals surface area (Å²) in [6.07, 6.45) is 1.92. The van der Waals surface area contributed by atoms with Gasteiger partial charge in [0.15, 0.2) is 0 Å². The Bertz CT molecular complexity index is 987. The van der Waals surface area contributed by atoms with Crippen LogP contribution in [0.1, 0.15) is 24.0 Å². The summed E-state index contributed by atoms with van der Waals surface area (Å²) in [7, 11) is 0. The highest BCUT2D eigenvalue weighted by molar-refractivity contribution is 6.45. The molecular formula is C21H19N3O4. The van der Waals surface area contributed by atoms with Gasteiger partial charge in [-0.3, -0.25) is 19.7 Å². The van der Waals surface area contributed by atoms with Crippen molar-refractivity contribution in [3.8, 4) is 0 Å². The Morgan fingerprint density at radius 2 is 1.50 bits per heavy atom. The number of rotatable bonds is 4. The summed E-state index contributed by atoms with van der Waals surface area (Å²) in [5.41, 5.74) is 2.71. The second-order valence-electron chi connectivity index (χ2n) is 7.00. The van der Waals surface area contributed by atoms with Gasteiger partial charge in [0.25, 0.3) is 17.5 Å². The minimum Gasteiger partial charge on any atom is -0.366 e. The second-order valence-corrected chi connectivity index (χ2v) is 7.00. The van der Waals surface area contributed by atoms with E-state index in [1.807, 2.05) is 24.0 Å². The van der Waals surface area contributed by atoms with Gasteiger partial charge in [0.1, 0.15) is 5.70 Å². The molecule has 2 heterocycles. The van der Waals surface area contributed by atoms with Crippen molar-refractivity contribution in [2.24, 2.45) is 0 Å². The van der Waals surface area contributed by atoms with Gasteiger partial charge in [-0.1, -0.05) is 17.7 Å². The van der Waals surface area contributed by atoms with Gasteiger partial charge >= 0.3 is 0 Å². The fourth-order valence-electron chi connectivity index (χ4n) is 3.69. The van der Waals surface area contributed by atoms with Gasteiger partial charge in [-0.25, -0.2) is 4.90 Å². The van der Waals surface area contributed by atoms with E-state index in [0.717, 1.165) is 18.4 Å². The topological polar surface area (TPSA) is 83.8 Å². The molecule has 1 saturated heterocycles. The first-order valence-electron chi connectivity index (χ1n) is 9.17. The molecule has 0 aromatic heterocycles. The highest BCUT2D eigenvalue weighted by atomic mass is 16.6. The van der Waals surface area contributed by atoms with Crippen LogP contribution in [0.3, 0.4) is 0 Å². The van der Waals surface area contributed by atoms with Crippen molar-refractivity contribution in [2.45, 2.75) is 19.8 Å². The van der Waals surface area contributed by atoms with Gasteiger partial charge in [0.05, 0.1) is 16.2 Å². The van der Waals surface area contributed by atoms with Gasteiger partial charge < -0.3 is 4.90 Å². The van der Waals surface area contributed by atoms with E-state index in [4.69, 9.17) is 0 Å². The van der Waals surface area contributed by atoms with Gasteiger partial charge in [-0.05, 0) is 49.6 Å². The van der Waals surface area contributed by atoms with Crippen LogP contribution in [0.2, 0.25) is 0 Å². The Balaban J connectivity index is 1.81. The quantitative estimate of drug-likeness (QED) is 0.464. The molecule has 28 heavy (non-hydrogen) atoms. The molecular weight excluding hydrogens is 358 g/mol. The maximum absolute atomic E-state index is 13.3. The molecule has 0 saturated carbocycles. The lowest BCUT2D eigenvalue weighted by Crippen LogP contribution is -2.34. The number of hydrogen-bond donors (Lipinski definition) is 0. The van der Waals surface area contributed by atoms with E-state index in [1.54, 1.807) is 12.1 Å². The lowest BCUT2D eigenvalue weighted by atomic mass is 10.0. The molecule has 7 nitrogen and oxygen atoms in total. The first kappa shape index (κ1) is 17.9. The number of nitrogens with zero attached hydrogens (tertiary/aromatic N) is 3. The highest BCUT2D eigenvalue weighted by Crippen LogP contribution is 2.36. The second kappa shape index (κ2) is 6.92. The summed E-state index contributed by atoms with van der Waals surface area (Å²) >= 11 is 0. The maximum Gasteiger partial charge on any atom is 0.282 e. The van der Waals surface area contributed by atoms with Crippen LogP contribution in [-0.2, 0) is 9.59 Å². The average Bonchev–Trinajstić information content (AvgIpc) is 3.29. The number of imide groups is 1. The Morgan fingerprint density at radius 1 is 0.893 bits per heavy atom. The molecule has 2 aromatic carbocycles. The fraction of sp³-hybridized carbons (Fsp3) is 0.238. The molecule has 0 N–H and O–H groups in total. The summed E-state index contributed by atoms with van der Waals surface area (Å²) in [5.74, 6) is -0.742. The summed E-state index contributed by atoms with van der Waals surface area (Å²) in [6.45, 7) is 3.37. The van der Waals surface area contributed by atoms with Crippen molar-refractivity contribution in [3.05, 3.63) is 75.5 Å². The van der Waals surface area contributed by atoms with Crippen molar-refractivity contribution in [1.82, 2.24) is 4.90 Å². The SMILES string of the molecule is Cc1ccc(N2C(=O)C(c3ccc([N+](=O)[O-])cc3)=C(N3CCCC3)C2=O)cc1.